The van der Waals surface area contributed by atoms with Crippen molar-refractivity contribution in [3.63, 3.8) is 0 Å². The average Bonchev–Trinajstić information content (AvgIpc) is 2.93. The van der Waals surface area contributed by atoms with Gasteiger partial charge in [-0.05, 0) is 45.9 Å². The topological polar surface area (TPSA) is 37.8 Å². The predicted molar refractivity (Wildman–Crippen MR) is 114 cm³/mol. The van der Waals surface area contributed by atoms with Crippen molar-refractivity contribution >= 4 is 18.4 Å². The molecule has 5 nitrogen and oxygen atoms in total. The fraction of sp³-hybridized carbons (Fsp3) is 0.500. The van der Waals surface area contributed by atoms with E-state index in [1.54, 1.807) is 6.20 Å². The molecule has 0 spiro atoms. The lowest BCUT2D eigenvalue weighted by Gasteiger charge is -2.35. The second-order valence-corrected chi connectivity index (χ2v) is 9.00. The molecule has 160 valence electrons. The van der Waals surface area contributed by atoms with E-state index in [0.717, 1.165) is 24.4 Å². The fourth-order valence-electron chi connectivity index (χ4n) is 3.75. The highest BCUT2D eigenvalue weighted by molar-refractivity contribution is 6.62. The van der Waals surface area contributed by atoms with E-state index in [1.807, 2.05) is 39.8 Å². The molecule has 0 N–H and O–H groups in total. The van der Waals surface area contributed by atoms with Crippen LogP contribution >= 0.6 is 0 Å². The number of piperazine rings is 1. The van der Waals surface area contributed by atoms with Crippen molar-refractivity contribution in [3.8, 4) is 0 Å². The van der Waals surface area contributed by atoms with Crippen molar-refractivity contribution in [1.82, 2.24) is 9.88 Å². The number of rotatable bonds is 4. The molecule has 2 aliphatic rings. The number of hydrogen-bond donors (Lipinski definition) is 0. The van der Waals surface area contributed by atoms with Gasteiger partial charge in [0.2, 0.25) is 0 Å². The molecule has 2 saturated heterocycles. The highest BCUT2D eigenvalue weighted by atomic mass is 19.1. The minimum absolute atomic E-state index is 0.135. The summed E-state index contributed by atoms with van der Waals surface area (Å²) in [4.78, 5) is 8.86. The molecule has 30 heavy (non-hydrogen) atoms. The quantitative estimate of drug-likeness (QED) is 0.718. The van der Waals surface area contributed by atoms with Gasteiger partial charge in [0, 0.05) is 49.9 Å². The van der Waals surface area contributed by atoms with E-state index in [4.69, 9.17) is 9.31 Å². The van der Waals surface area contributed by atoms with Gasteiger partial charge in [-0.2, -0.15) is 0 Å². The second kappa shape index (κ2) is 7.91. The largest absolute Gasteiger partial charge is 0.496 e. The molecule has 3 heterocycles. The lowest BCUT2D eigenvalue weighted by atomic mass is 9.80. The van der Waals surface area contributed by atoms with E-state index < -0.39 is 18.8 Å². The Morgan fingerprint density at radius 3 is 2.07 bits per heavy atom. The smallest absolute Gasteiger partial charge is 0.399 e. The standard InChI is InChI=1S/C22H28BF2N3O2/c1-21(2)22(3,4)30-23(29-21)16-8-9-20(26-14-16)28-12-10-27(11-13-28)15-17-18(24)6-5-7-19(17)25/h5-9,14H,10-13,15H2,1-4H3. The maximum absolute atomic E-state index is 13.9. The van der Waals surface area contributed by atoms with Crippen molar-refractivity contribution < 1.29 is 18.1 Å². The Morgan fingerprint density at radius 2 is 1.53 bits per heavy atom. The number of hydrogen-bond acceptors (Lipinski definition) is 5. The predicted octanol–water partition coefficient (Wildman–Crippen LogP) is 2.98. The minimum atomic E-state index is -0.489. The summed E-state index contributed by atoms with van der Waals surface area (Å²) in [5.74, 6) is -0.0956. The first-order valence-electron chi connectivity index (χ1n) is 10.4. The van der Waals surface area contributed by atoms with Gasteiger partial charge in [-0.15, -0.1) is 0 Å². The van der Waals surface area contributed by atoms with Crippen LogP contribution in [0.15, 0.2) is 36.5 Å². The molecule has 0 aliphatic carbocycles. The zero-order valence-corrected chi connectivity index (χ0v) is 18.0. The third-order valence-electron chi connectivity index (χ3n) is 6.44. The lowest BCUT2D eigenvalue weighted by molar-refractivity contribution is 0.00578. The molecular weight excluding hydrogens is 387 g/mol. The molecule has 0 saturated carbocycles. The zero-order valence-electron chi connectivity index (χ0n) is 18.0. The Morgan fingerprint density at radius 1 is 0.933 bits per heavy atom. The zero-order chi connectivity index (χ0) is 21.5. The first-order chi connectivity index (χ1) is 14.2. The first kappa shape index (κ1) is 21.2. The molecule has 0 amide bonds. The molecule has 0 bridgehead atoms. The Kier molecular flexibility index (Phi) is 5.59. The van der Waals surface area contributed by atoms with Crippen LogP contribution in [-0.4, -0.2) is 54.4 Å². The molecule has 8 heteroatoms. The monoisotopic (exact) mass is 415 g/mol. The van der Waals surface area contributed by atoms with E-state index in [9.17, 15) is 8.78 Å². The maximum atomic E-state index is 13.9. The van der Waals surface area contributed by atoms with Crippen LogP contribution in [0.1, 0.15) is 33.3 Å². The summed E-state index contributed by atoms with van der Waals surface area (Å²) in [5, 5.41) is 0. The van der Waals surface area contributed by atoms with E-state index in [1.165, 1.54) is 18.2 Å². The molecule has 1 aromatic heterocycles. The molecule has 4 rings (SSSR count). The van der Waals surface area contributed by atoms with E-state index in [2.05, 4.69) is 14.8 Å². The van der Waals surface area contributed by atoms with Gasteiger partial charge in [0.15, 0.2) is 0 Å². The van der Waals surface area contributed by atoms with Gasteiger partial charge in [0.25, 0.3) is 0 Å². The van der Waals surface area contributed by atoms with Gasteiger partial charge < -0.3 is 14.2 Å². The summed E-state index contributed by atoms with van der Waals surface area (Å²) in [6, 6.07) is 7.98. The first-order valence-corrected chi connectivity index (χ1v) is 10.4. The van der Waals surface area contributed by atoms with Gasteiger partial charge in [-0.3, -0.25) is 4.90 Å². The minimum Gasteiger partial charge on any atom is -0.399 e. The van der Waals surface area contributed by atoms with Crippen LogP contribution in [0.4, 0.5) is 14.6 Å². The third kappa shape index (κ3) is 4.09. The Hall–Kier alpha value is -2.03. The second-order valence-electron chi connectivity index (χ2n) is 9.00. The Labute approximate surface area is 177 Å². The van der Waals surface area contributed by atoms with Crippen molar-refractivity contribution in [2.75, 3.05) is 31.1 Å². The summed E-state index contributed by atoms with van der Waals surface area (Å²) >= 11 is 0. The van der Waals surface area contributed by atoms with Crippen molar-refractivity contribution in [2.45, 2.75) is 45.4 Å². The number of anilines is 1. The lowest BCUT2D eigenvalue weighted by Crippen LogP contribution is -2.46. The fourth-order valence-corrected chi connectivity index (χ4v) is 3.75. The molecule has 2 fully saturated rings. The number of nitrogens with zero attached hydrogens (tertiary/aromatic N) is 3. The Balaban J connectivity index is 1.35. The molecule has 1 aromatic carbocycles. The van der Waals surface area contributed by atoms with Crippen LogP contribution < -0.4 is 10.4 Å². The molecule has 0 atom stereocenters. The summed E-state index contributed by atoms with van der Waals surface area (Å²) < 4.78 is 40.0. The number of benzene rings is 1. The molecule has 0 radical (unpaired) electrons. The summed E-state index contributed by atoms with van der Waals surface area (Å²) in [7, 11) is -0.427. The number of aromatic nitrogens is 1. The van der Waals surface area contributed by atoms with Crippen LogP contribution in [-0.2, 0) is 15.9 Å². The normalized spacial score (nSPS) is 21.3. The van der Waals surface area contributed by atoms with Crippen LogP contribution in [0.2, 0.25) is 0 Å². The molecular formula is C22H28BF2N3O2. The third-order valence-corrected chi connectivity index (χ3v) is 6.44. The van der Waals surface area contributed by atoms with Crippen molar-refractivity contribution in [3.05, 3.63) is 53.7 Å². The summed E-state index contributed by atoms with van der Waals surface area (Å²) in [5.41, 5.74) is 0.260. The number of pyridine rings is 1. The molecule has 2 aromatic rings. The highest BCUT2D eigenvalue weighted by Gasteiger charge is 2.51. The summed E-state index contributed by atoms with van der Waals surface area (Å²) in [6.07, 6.45) is 1.80. The SMILES string of the molecule is CC1(C)OB(c2ccc(N3CCN(Cc4c(F)cccc4F)CC3)nc2)OC1(C)C. The van der Waals surface area contributed by atoms with Gasteiger partial charge >= 0.3 is 7.12 Å². The van der Waals surface area contributed by atoms with Crippen LogP contribution in [0.5, 0.6) is 0 Å². The van der Waals surface area contributed by atoms with Crippen LogP contribution in [0.3, 0.4) is 0 Å². The van der Waals surface area contributed by atoms with Gasteiger partial charge in [0.1, 0.15) is 17.5 Å². The highest BCUT2D eigenvalue weighted by Crippen LogP contribution is 2.36. The average molecular weight is 415 g/mol. The van der Waals surface area contributed by atoms with E-state index >= 15 is 0 Å². The van der Waals surface area contributed by atoms with E-state index in [-0.39, 0.29) is 23.3 Å². The maximum Gasteiger partial charge on any atom is 0.496 e. The van der Waals surface area contributed by atoms with Gasteiger partial charge in [0.05, 0.1) is 11.2 Å². The van der Waals surface area contributed by atoms with Gasteiger partial charge in [-0.25, -0.2) is 13.8 Å². The number of halogens is 2. The van der Waals surface area contributed by atoms with E-state index in [0.29, 0.717) is 13.1 Å². The summed E-state index contributed by atoms with van der Waals surface area (Å²) in [6.45, 7) is 11.3. The molecule has 2 aliphatic heterocycles. The van der Waals surface area contributed by atoms with Gasteiger partial charge in [-0.1, -0.05) is 12.1 Å². The van der Waals surface area contributed by atoms with Crippen molar-refractivity contribution in [1.29, 1.82) is 0 Å². The van der Waals surface area contributed by atoms with Crippen LogP contribution in [0, 0.1) is 11.6 Å². The molecule has 0 unspecified atom stereocenters. The van der Waals surface area contributed by atoms with Crippen LogP contribution in [0.25, 0.3) is 0 Å². The van der Waals surface area contributed by atoms with Crippen molar-refractivity contribution in [2.24, 2.45) is 0 Å². The Bertz CT molecular complexity index is 864.